The van der Waals surface area contributed by atoms with Gasteiger partial charge < -0.3 is 4.74 Å². The standard InChI is InChI=1S/C18H12F4N4O2/c1-25-16-8-12(9-3-4-23-15(5-9)18(20,21)22)24-26(16)13-7-11(19)14(28-2)6-10(13)17(25)27/h3-8H,1-2H3. The molecule has 4 rings (SSSR count). The quantitative estimate of drug-likeness (QED) is 0.491. The van der Waals surface area contributed by atoms with E-state index in [1.165, 1.54) is 41.4 Å². The number of aromatic nitrogens is 4. The molecule has 0 saturated carbocycles. The van der Waals surface area contributed by atoms with Crippen LogP contribution in [0.15, 0.2) is 41.3 Å². The van der Waals surface area contributed by atoms with Crippen LogP contribution in [0, 0.1) is 5.82 Å². The molecule has 0 N–H and O–H groups in total. The van der Waals surface area contributed by atoms with Gasteiger partial charge in [0.25, 0.3) is 5.56 Å². The first-order valence-corrected chi connectivity index (χ1v) is 8.00. The van der Waals surface area contributed by atoms with Crippen LogP contribution in [0.4, 0.5) is 17.6 Å². The molecule has 0 saturated heterocycles. The summed E-state index contributed by atoms with van der Waals surface area (Å²) in [4.78, 5) is 16.0. The van der Waals surface area contributed by atoms with E-state index in [2.05, 4.69) is 10.1 Å². The molecular formula is C18H12F4N4O2. The fourth-order valence-electron chi connectivity index (χ4n) is 3.00. The number of benzene rings is 1. The predicted octanol–water partition coefficient (Wildman–Crippen LogP) is 3.41. The molecule has 0 aliphatic rings. The summed E-state index contributed by atoms with van der Waals surface area (Å²) in [6.45, 7) is 0. The van der Waals surface area contributed by atoms with E-state index < -0.39 is 23.2 Å². The third-order valence-corrected chi connectivity index (χ3v) is 4.41. The minimum atomic E-state index is -4.60. The molecule has 10 heteroatoms. The Morgan fingerprint density at radius 2 is 1.89 bits per heavy atom. The first-order valence-electron chi connectivity index (χ1n) is 8.00. The van der Waals surface area contributed by atoms with Gasteiger partial charge in [-0.05, 0) is 18.2 Å². The van der Waals surface area contributed by atoms with Crippen molar-refractivity contribution in [3.8, 4) is 17.0 Å². The van der Waals surface area contributed by atoms with Crippen molar-refractivity contribution < 1.29 is 22.3 Å². The van der Waals surface area contributed by atoms with Gasteiger partial charge in [0.2, 0.25) is 0 Å². The molecule has 0 aliphatic carbocycles. The molecule has 0 unspecified atom stereocenters. The van der Waals surface area contributed by atoms with Crippen LogP contribution in [0.3, 0.4) is 0 Å². The number of nitrogens with zero attached hydrogens (tertiary/aromatic N) is 4. The molecule has 0 bridgehead atoms. The van der Waals surface area contributed by atoms with Crippen LogP contribution in [0.1, 0.15) is 5.69 Å². The molecule has 0 atom stereocenters. The van der Waals surface area contributed by atoms with Crippen LogP contribution in [0.5, 0.6) is 5.75 Å². The van der Waals surface area contributed by atoms with E-state index >= 15 is 0 Å². The summed E-state index contributed by atoms with van der Waals surface area (Å²) >= 11 is 0. The molecular weight excluding hydrogens is 380 g/mol. The molecule has 144 valence electrons. The highest BCUT2D eigenvalue weighted by Gasteiger charge is 2.32. The number of ether oxygens (including phenoxy) is 1. The second kappa shape index (κ2) is 6.04. The van der Waals surface area contributed by atoms with E-state index in [0.29, 0.717) is 5.65 Å². The Bertz CT molecular complexity index is 1290. The summed E-state index contributed by atoms with van der Waals surface area (Å²) < 4.78 is 60.5. The van der Waals surface area contributed by atoms with Gasteiger partial charge in [-0.3, -0.25) is 14.3 Å². The summed E-state index contributed by atoms with van der Waals surface area (Å²) in [6, 6.07) is 6.07. The number of pyridine rings is 1. The molecule has 0 aliphatic heterocycles. The van der Waals surface area contributed by atoms with E-state index in [4.69, 9.17) is 4.74 Å². The van der Waals surface area contributed by atoms with Gasteiger partial charge in [-0.25, -0.2) is 8.91 Å². The van der Waals surface area contributed by atoms with Crippen molar-refractivity contribution in [1.29, 1.82) is 0 Å². The molecule has 3 heterocycles. The Kier molecular flexibility index (Phi) is 3.88. The minimum Gasteiger partial charge on any atom is -0.494 e. The Hall–Kier alpha value is -3.43. The van der Waals surface area contributed by atoms with Gasteiger partial charge in [0, 0.05) is 30.9 Å². The van der Waals surface area contributed by atoms with Crippen molar-refractivity contribution in [1.82, 2.24) is 19.2 Å². The summed E-state index contributed by atoms with van der Waals surface area (Å²) in [5, 5.41) is 4.45. The van der Waals surface area contributed by atoms with Gasteiger partial charge in [0.1, 0.15) is 11.3 Å². The predicted molar refractivity (Wildman–Crippen MR) is 92.7 cm³/mol. The van der Waals surface area contributed by atoms with Crippen LogP contribution in [-0.2, 0) is 13.2 Å². The van der Waals surface area contributed by atoms with E-state index in [1.54, 1.807) is 0 Å². The van der Waals surface area contributed by atoms with E-state index in [1.807, 2.05) is 0 Å². The monoisotopic (exact) mass is 392 g/mol. The summed E-state index contributed by atoms with van der Waals surface area (Å²) in [5.74, 6) is -0.787. The minimum absolute atomic E-state index is 0.0970. The molecule has 1 aromatic carbocycles. The zero-order chi connectivity index (χ0) is 20.2. The normalized spacial score (nSPS) is 12.1. The summed E-state index contributed by atoms with van der Waals surface area (Å²) in [7, 11) is 2.77. The Morgan fingerprint density at radius 3 is 2.57 bits per heavy atom. The van der Waals surface area contributed by atoms with E-state index in [-0.39, 0.29) is 27.9 Å². The molecule has 0 amide bonds. The second-order valence-corrected chi connectivity index (χ2v) is 6.10. The van der Waals surface area contributed by atoms with Gasteiger partial charge in [-0.15, -0.1) is 0 Å². The number of halogens is 4. The lowest BCUT2D eigenvalue weighted by molar-refractivity contribution is -0.141. The Balaban J connectivity index is 2.02. The van der Waals surface area contributed by atoms with Crippen LogP contribution < -0.4 is 10.3 Å². The third-order valence-electron chi connectivity index (χ3n) is 4.41. The van der Waals surface area contributed by atoms with E-state index in [0.717, 1.165) is 18.3 Å². The van der Waals surface area contributed by atoms with Crippen LogP contribution >= 0.6 is 0 Å². The highest BCUT2D eigenvalue weighted by Crippen LogP contribution is 2.31. The smallest absolute Gasteiger partial charge is 0.433 e. The van der Waals surface area contributed by atoms with Gasteiger partial charge in [0.15, 0.2) is 11.6 Å². The first kappa shape index (κ1) is 18.0. The van der Waals surface area contributed by atoms with E-state index in [9.17, 15) is 22.4 Å². The molecule has 28 heavy (non-hydrogen) atoms. The number of aryl methyl sites for hydroxylation is 1. The zero-order valence-electron chi connectivity index (χ0n) is 14.6. The van der Waals surface area contributed by atoms with Crippen LogP contribution in [0.2, 0.25) is 0 Å². The number of alkyl halides is 3. The molecule has 0 fully saturated rings. The maximum atomic E-state index is 14.2. The number of rotatable bonds is 2. The van der Waals surface area contributed by atoms with Crippen molar-refractivity contribution >= 4 is 16.6 Å². The lowest BCUT2D eigenvalue weighted by Gasteiger charge is -2.08. The fourth-order valence-corrected chi connectivity index (χ4v) is 3.00. The van der Waals surface area contributed by atoms with Crippen LogP contribution in [-0.4, -0.2) is 26.3 Å². The maximum Gasteiger partial charge on any atom is 0.433 e. The highest BCUT2D eigenvalue weighted by molar-refractivity contribution is 5.83. The van der Waals surface area contributed by atoms with Crippen molar-refractivity contribution in [2.24, 2.45) is 7.05 Å². The largest absolute Gasteiger partial charge is 0.494 e. The maximum absolute atomic E-state index is 14.2. The summed E-state index contributed by atoms with van der Waals surface area (Å²) in [6.07, 6.45) is -3.57. The number of hydrogen-bond acceptors (Lipinski definition) is 4. The highest BCUT2D eigenvalue weighted by atomic mass is 19.4. The van der Waals surface area contributed by atoms with Gasteiger partial charge in [-0.1, -0.05) is 0 Å². The Morgan fingerprint density at radius 1 is 1.14 bits per heavy atom. The SMILES string of the molecule is COc1cc2c(=O)n(C)c3cc(-c4ccnc(C(F)(F)F)c4)nn3c2cc1F. The van der Waals surface area contributed by atoms with Crippen LogP contribution in [0.25, 0.3) is 27.8 Å². The molecule has 0 spiro atoms. The third kappa shape index (κ3) is 2.68. The number of fused-ring (bicyclic) bond motifs is 3. The van der Waals surface area contributed by atoms with Gasteiger partial charge in [0.05, 0.1) is 23.7 Å². The first-order chi connectivity index (χ1) is 13.2. The van der Waals surface area contributed by atoms with Gasteiger partial charge >= 0.3 is 6.18 Å². The van der Waals surface area contributed by atoms with Crippen molar-refractivity contribution in [3.63, 3.8) is 0 Å². The lowest BCUT2D eigenvalue weighted by Crippen LogP contribution is -2.20. The number of hydrogen-bond donors (Lipinski definition) is 0. The zero-order valence-corrected chi connectivity index (χ0v) is 14.6. The topological polar surface area (TPSA) is 61.4 Å². The molecule has 4 aromatic rings. The fraction of sp³-hybridized carbons (Fsp3) is 0.167. The van der Waals surface area contributed by atoms with Crippen molar-refractivity contribution in [2.75, 3.05) is 7.11 Å². The van der Waals surface area contributed by atoms with Gasteiger partial charge in [-0.2, -0.15) is 18.3 Å². The second-order valence-electron chi connectivity index (χ2n) is 6.10. The Labute approximate surface area is 154 Å². The average Bonchev–Trinajstić information content (AvgIpc) is 3.11. The van der Waals surface area contributed by atoms with Crippen molar-refractivity contribution in [3.05, 3.63) is 58.4 Å². The lowest BCUT2D eigenvalue weighted by atomic mass is 10.1. The average molecular weight is 392 g/mol. The summed E-state index contributed by atoms with van der Waals surface area (Å²) in [5.41, 5.74) is -0.656. The number of methoxy groups -OCH3 is 1. The molecule has 6 nitrogen and oxygen atoms in total. The molecule has 0 radical (unpaired) electrons. The van der Waals surface area contributed by atoms with Crippen molar-refractivity contribution in [2.45, 2.75) is 6.18 Å². The molecule has 3 aromatic heterocycles.